The van der Waals surface area contributed by atoms with Gasteiger partial charge in [0.2, 0.25) is 0 Å². The van der Waals surface area contributed by atoms with E-state index in [0.29, 0.717) is 24.4 Å². The van der Waals surface area contributed by atoms with Crippen molar-refractivity contribution in [3.63, 3.8) is 0 Å². The Morgan fingerprint density at radius 1 is 1.19 bits per heavy atom. The average Bonchev–Trinajstić information content (AvgIpc) is 3.15. The van der Waals surface area contributed by atoms with Gasteiger partial charge < -0.3 is 10.1 Å². The predicted octanol–water partition coefficient (Wildman–Crippen LogP) is 3.37. The molecule has 3 heterocycles. The number of fused-ring (bicyclic) bond motifs is 2. The topological polar surface area (TPSA) is 81.4 Å². The number of aromatic nitrogens is 4. The Balaban J connectivity index is 1.78. The van der Waals surface area contributed by atoms with E-state index >= 15 is 0 Å². The van der Waals surface area contributed by atoms with Gasteiger partial charge in [-0.05, 0) is 32.0 Å². The average molecular weight is 361 g/mol. The molecule has 0 aliphatic heterocycles. The third-order valence-corrected chi connectivity index (χ3v) is 4.33. The molecule has 1 N–H and O–H groups in total. The van der Waals surface area contributed by atoms with Crippen LogP contribution in [0.25, 0.3) is 16.6 Å². The second kappa shape index (κ2) is 7.03. The Kier molecular flexibility index (Phi) is 4.42. The van der Waals surface area contributed by atoms with Crippen LogP contribution in [-0.4, -0.2) is 32.2 Å². The molecule has 0 saturated heterocycles. The number of hydrogen-bond donors (Lipinski definition) is 1. The fourth-order valence-electron chi connectivity index (χ4n) is 3.06. The molecule has 0 unspecified atom stereocenters. The van der Waals surface area contributed by atoms with Gasteiger partial charge in [0.05, 0.1) is 36.2 Å². The maximum absolute atomic E-state index is 12.4. The molecule has 4 aromatic rings. The molecule has 0 aliphatic rings. The maximum Gasteiger partial charge on any atom is 0.341 e. The molecule has 136 valence electrons. The Morgan fingerprint density at radius 2 is 2.07 bits per heavy atom. The van der Waals surface area contributed by atoms with Crippen LogP contribution in [0.2, 0.25) is 0 Å². The molecule has 4 rings (SSSR count). The van der Waals surface area contributed by atoms with Crippen molar-refractivity contribution < 1.29 is 9.53 Å². The number of carbonyl (C=O) groups excluding carboxylic acids is 1. The molecule has 0 fully saturated rings. The van der Waals surface area contributed by atoms with E-state index in [4.69, 9.17) is 4.74 Å². The first-order chi connectivity index (χ1) is 13.2. The van der Waals surface area contributed by atoms with Gasteiger partial charge in [0.15, 0.2) is 5.65 Å². The summed E-state index contributed by atoms with van der Waals surface area (Å²) in [6, 6.07) is 9.70. The van der Waals surface area contributed by atoms with Gasteiger partial charge in [0.25, 0.3) is 0 Å². The monoisotopic (exact) mass is 361 g/mol. The number of ether oxygens (including phenoxy) is 1. The van der Waals surface area contributed by atoms with Crippen LogP contribution in [0.3, 0.4) is 0 Å². The fraction of sp³-hybridized carbons (Fsp3) is 0.200. The zero-order valence-electron chi connectivity index (χ0n) is 15.1. The third-order valence-electron chi connectivity index (χ3n) is 4.33. The first-order valence-corrected chi connectivity index (χ1v) is 8.75. The summed E-state index contributed by atoms with van der Waals surface area (Å²) in [7, 11) is 0. The quantitative estimate of drug-likeness (QED) is 0.549. The highest BCUT2D eigenvalue weighted by Gasteiger charge is 2.17. The van der Waals surface area contributed by atoms with Gasteiger partial charge in [-0.25, -0.2) is 14.3 Å². The number of pyridine rings is 1. The second-order valence-corrected chi connectivity index (χ2v) is 6.18. The Labute approximate surface area is 156 Å². The van der Waals surface area contributed by atoms with Gasteiger partial charge in [-0.15, -0.1) is 0 Å². The molecule has 0 spiro atoms. The highest BCUT2D eigenvalue weighted by molar-refractivity contribution is 6.05. The molecular formula is C20H19N5O2. The van der Waals surface area contributed by atoms with E-state index in [2.05, 4.69) is 20.4 Å². The van der Waals surface area contributed by atoms with E-state index in [9.17, 15) is 4.79 Å². The smallest absolute Gasteiger partial charge is 0.341 e. The summed E-state index contributed by atoms with van der Waals surface area (Å²) in [6.45, 7) is 4.58. The number of aryl methyl sites for hydroxylation is 1. The normalized spacial score (nSPS) is 11.0. The molecule has 0 amide bonds. The standard InChI is InChI=1S/C20H19N5O2/c1-3-27-20(26)16-12-22-17-5-4-13(2)10-15(17)19(16)23-11-14-6-8-21-18-7-9-24-25(14)18/h4-10,12H,3,11H2,1-2H3,(H,22,23). The minimum atomic E-state index is -0.394. The molecular weight excluding hydrogens is 342 g/mol. The molecule has 0 saturated carbocycles. The first-order valence-electron chi connectivity index (χ1n) is 8.75. The SMILES string of the molecule is CCOC(=O)c1cnc2ccc(C)cc2c1NCc1ccnc2ccnn12. The number of nitrogens with one attached hydrogen (secondary N) is 1. The van der Waals surface area contributed by atoms with Gasteiger partial charge in [0.1, 0.15) is 5.56 Å². The zero-order valence-corrected chi connectivity index (χ0v) is 15.1. The maximum atomic E-state index is 12.4. The van der Waals surface area contributed by atoms with Crippen LogP contribution in [0.4, 0.5) is 5.69 Å². The summed E-state index contributed by atoms with van der Waals surface area (Å²) in [4.78, 5) is 21.1. The van der Waals surface area contributed by atoms with Gasteiger partial charge >= 0.3 is 5.97 Å². The molecule has 0 radical (unpaired) electrons. The van der Waals surface area contributed by atoms with Crippen molar-refractivity contribution in [3.05, 3.63) is 65.7 Å². The highest BCUT2D eigenvalue weighted by Crippen LogP contribution is 2.28. The molecule has 7 heteroatoms. The van der Waals surface area contributed by atoms with E-state index < -0.39 is 5.97 Å². The van der Waals surface area contributed by atoms with Gasteiger partial charge in [-0.1, -0.05) is 11.6 Å². The lowest BCUT2D eigenvalue weighted by Gasteiger charge is -2.15. The largest absolute Gasteiger partial charge is 0.462 e. The second-order valence-electron chi connectivity index (χ2n) is 6.18. The van der Waals surface area contributed by atoms with Gasteiger partial charge in [-0.2, -0.15) is 5.10 Å². The summed E-state index contributed by atoms with van der Waals surface area (Å²) >= 11 is 0. The number of benzene rings is 1. The lowest BCUT2D eigenvalue weighted by Crippen LogP contribution is -2.13. The Hall–Kier alpha value is -3.48. The molecule has 7 nitrogen and oxygen atoms in total. The molecule has 0 atom stereocenters. The van der Waals surface area contributed by atoms with Crippen molar-refractivity contribution in [3.8, 4) is 0 Å². The fourth-order valence-corrected chi connectivity index (χ4v) is 3.06. The summed E-state index contributed by atoms with van der Waals surface area (Å²) in [5.41, 5.74) is 4.73. The van der Waals surface area contributed by atoms with E-state index in [1.807, 2.05) is 37.3 Å². The first kappa shape index (κ1) is 17.0. The van der Waals surface area contributed by atoms with Crippen molar-refractivity contribution in [1.29, 1.82) is 0 Å². The van der Waals surface area contributed by atoms with E-state index in [1.165, 1.54) is 0 Å². The van der Waals surface area contributed by atoms with Crippen molar-refractivity contribution in [2.24, 2.45) is 0 Å². The van der Waals surface area contributed by atoms with Gasteiger partial charge in [-0.3, -0.25) is 4.98 Å². The molecule has 27 heavy (non-hydrogen) atoms. The lowest BCUT2D eigenvalue weighted by molar-refractivity contribution is 0.0527. The molecule has 1 aromatic carbocycles. The van der Waals surface area contributed by atoms with Crippen LogP contribution in [0.1, 0.15) is 28.5 Å². The number of anilines is 1. The van der Waals surface area contributed by atoms with Crippen LogP contribution >= 0.6 is 0 Å². The number of hydrogen-bond acceptors (Lipinski definition) is 6. The van der Waals surface area contributed by atoms with Crippen molar-refractivity contribution in [2.75, 3.05) is 11.9 Å². The summed E-state index contributed by atoms with van der Waals surface area (Å²) in [5, 5.41) is 8.58. The number of nitrogens with zero attached hydrogens (tertiary/aromatic N) is 4. The van der Waals surface area contributed by atoms with E-state index in [-0.39, 0.29) is 0 Å². The molecule has 0 aliphatic carbocycles. The lowest BCUT2D eigenvalue weighted by atomic mass is 10.1. The van der Waals surface area contributed by atoms with Crippen LogP contribution in [0.5, 0.6) is 0 Å². The van der Waals surface area contributed by atoms with Crippen LogP contribution < -0.4 is 5.32 Å². The minimum Gasteiger partial charge on any atom is -0.462 e. The summed E-state index contributed by atoms with van der Waals surface area (Å²) < 4.78 is 6.98. The van der Waals surface area contributed by atoms with Crippen molar-refractivity contribution in [1.82, 2.24) is 19.6 Å². The Bertz CT molecular complexity index is 1140. The number of esters is 1. The minimum absolute atomic E-state index is 0.308. The van der Waals surface area contributed by atoms with Crippen LogP contribution in [0.15, 0.2) is 48.9 Å². The molecule has 0 bridgehead atoms. The molecule has 3 aromatic heterocycles. The number of carbonyl (C=O) groups is 1. The highest BCUT2D eigenvalue weighted by atomic mass is 16.5. The Morgan fingerprint density at radius 3 is 2.93 bits per heavy atom. The zero-order chi connectivity index (χ0) is 18.8. The van der Waals surface area contributed by atoms with Gasteiger partial charge in [0, 0.05) is 23.8 Å². The van der Waals surface area contributed by atoms with Crippen molar-refractivity contribution in [2.45, 2.75) is 20.4 Å². The number of rotatable bonds is 5. The summed E-state index contributed by atoms with van der Waals surface area (Å²) in [6.07, 6.45) is 5.02. The third kappa shape index (κ3) is 3.19. The van der Waals surface area contributed by atoms with Crippen molar-refractivity contribution >= 4 is 28.2 Å². The predicted molar refractivity (Wildman–Crippen MR) is 103 cm³/mol. The van der Waals surface area contributed by atoms with Crippen LogP contribution in [-0.2, 0) is 11.3 Å². The summed E-state index contributed by atoms with van der Waals surface area (Å²) in [5.74, 6) is -0.394. The van der Waals surface area contributed by atoms with E-state index in [1.54, 1.807) is 30.0 Å². The van der Waals surface area contributed by atoms with E-state index in [0.717, 1.165) is 27.8 Å². The van der Waals surface area contributed by atoms with Crippen LogP contribution in [0, 0.1) is 6.92 Å².